The van der Waals surface area contributed by atoms with Crippen LogP contribution in [-0.4, -0.2) is 20.7 Å². The minimum atomic E-state index is -1.85. The SMILES string of the molecule is CCCC(C)(C)[Si](C)(C)OCCC=C(F)C(=O)Cc1ccccc1. The van der Waals surface area contributed by atoms with Gasteiger partial charge in [-0.15, -0.1) is 0 Å². The van der Waals surface area contributed by atoms with Crippen molar-refractivity contribution in [2.24, 2.45) is 0 Å². The van der Waals surface area contributed by atoms with Crippen LogP contribution in [0, 0.1) is 0 Å². The van der Waals surface area contributed by atoms with Gasteiger partial charge in [0, 0.05) is 13.0 Å². The fourth-order valence-electron chi connectivity index (χ4n) is 2.60. The molecule has 1 rings (SSSR count). The van der Waals surface area contributed by atoms with Crippen LogP contribution < -0.4 is 0 Å². The van der Waals surface area contributed by atoms with Gasteiger partial charge in [-0.2, -0.15) is 0 Å². The van der Waals surface area contributed by atoms with E-state index in [1.54, 1.807) is 0 Å². The van der Waals surface area contributed by atoms with Gasteiger partial charge < -0.3 is 4.43 Å². The van der Waals surface area contributed by atoms with Gasteiger partial charge in [0.1, 0.15) is 0 Å². The monoisotopic (exact) mass is 350 g/mol. The molecule has 1 aromatic rings. The zero-order valence-corrected chi connectivity index (χ0v) is 16.7. The largest absolute Gasteiger partial charge is 0.417 e. The molecule has 0 aliphatic heterocycles. The Morgan fingerprint density at radius 1 is 1.25 bits per heavy atom. The van der Waals surface area contributed by atoms with Gasteiger partial charge in [0.2, 0.25) is 0 Å². The second-order valence-corrected chi connectivity index (χ2v) is 12.1. The molecule has 0 heterocycles. The van der Waals surface area contributed by atoms with Crippen molar-refractivity contribution < 1.29 is 13.6 Å². The number of rotatable bonds is 10. The van der Waals surface area contributed by atoms with E-state index < -0.39 is 19.9 Å². The molecule has 4 heteroatoms. The minimum Gasteiger partial charge on any atom is -0.417 e. The normalized spacial score (nSPS) is 13.2. The Morgan fingerprint density at radius 2 is 1.88 bits per heavy atom. The zero-order valence-electron chi connectivity index (χ0n) is 15.7. The Morgan fingerprint density at radius 3 is 2.46 bits per heavy atom. The molecule has 2 nitrogen and oxygen atoms in total. The summed E-state index contributed by atoms with van der Waals surface area (Å²) in [6.45, 7) is 11.6. The second kappa shape index (κ2) is 9.28. The molecule has 0 aliphatic rings. The van der Waals surface area contributed by atoms with Crippen LogP contribution in [0.3, 0.4) is 0 Å². The first-order valence-corrected chi connectivity index (χ1v) is 11.7. The lowest BCUT2D eigenvalue weighted by Crippen LogP contribution is -2.42. The summed E-state index contributed by atoms with van der Waals surface area (Å²) in [4.78, 5) is 11.9. The van der Waals surface area contributed by atoms with Crippen molar-refractivity contribution >= 4 is 14.1 Å². The Balaban J connectivity index is 2.47. The van der Waals surface area contributed by atoms with Gasteiger partial charge in [-0.3, -0.25) is 4.79 Å². The van der Waals surface area contributed by atoms with Gasteiger partial charge in [0.05, 0.1) is 0 Å². The van der Waals surface area contributed by atoms with Crippen LogP contribution in [0.2, 0.25) is 18.1 Å². The van der Waals surface area contributed by atoms with Crippen LogP contribution in [-0.2, 0) is 15.6 Å². The maximum absolute atomic E-state index is 13.9. The van der Waals surface area contributed by atoms with E-state index >= 15 is 0 Å². The summed E-state index contributed by atoms with van der Waals surface area (Å²) in [6, 6.07) is 9.24. The number of hydrogen-bond acceptors (Lipinski definition) is 2. The smallest absolute Gasteiger partial charge is 0.195 e. The molecule has 0 bridgehead atoms. The molecule has 0 spiro atoms. The molecule has 0 amide bonds. The van der Waals surface area contributed by atoms with Gasteiger partial charge in [0.25, 0.3) is 0 Å². The predicted octanol–water partition coefficient (Wildman–Crippen LogP) is 5.84. The fraction of sp³-hybridized carbons (Fsp3) is 0.550. The molecule has 134 valence electrons. The molecular weight excluding hydrogens is 319 g/mol. The molecule has 0 atom stereocenters. The number of ketones is 1. The lowest BCUT2D eigenvalue weighted by atomic mass is 10.1. The predicted molar refractivity (Wildman–Crippen MR) is 101 cm³/mol. The van der Waals surface area contributed by atoms with Gasteiger partial charge in [0.15, 0.2) is 19.9 Å². The number of benzene rings is 1. The molecule has 0 unspecified atom stereocenters. The maximum Gasteiger partial charge on any atom is 0.195 e. The van der Waals surface area contributed by atoms with E-state index in [9.17, 15) is 9.18 Å². The molecular formula is C20H31FO2Si. The third kappa shape index (κ3) is 6.33. The highest BCUT2D eigenvalue weighted by Crippen LogP contribution is 2.41. The van der Waals surface area contributed by atoms with Crippen LogP contribution in [0.1, 0.15) is 45.6 Å². The van der Waals surface area contributed by atoms with Crippen molar-refractivity contribution in [2.45, 2.75) is 64.6 Å². The van der Waals surface area contributed by atoms with Crippen molar-refractivity contribution in [3.63, 3.8) is 0 Å². The van der Waals surface area contributed by atoms with Crippen molar-refractivity contribution in [3.8, 4) is 0 Å². The topological polar surface area (TPSA) is 26.3 Å². The highest BCUT2D eigenvalue weighted by molar-refractivity contribution is 6.74. The van der Waals surface area contributed by atoms with Gasteiger partial charge in [-0.25, -0.2) is 4.39 Å². The van der Waals surface area contributed by atoms with Gasteiger partial charge in [-0.1, -0.05) is 57.5 Å². The standard InChI is InChI=1S/C20H31FO2Si/c1-6-14-20(2,3)24(4,5)23-15-10-13-18(21)19(22)16-17-11-8-7-9-12-17/h7-9,11-13H,6,10,14-16H2,1-5H3. The lowest BCUT2D eigenvalue weighted by Gasteiger charge is -2.39. The van der Waals surface area contributed by atoms with E-state index in [-0.39, 0.29) is 11.5 Å². The third-order valence-corrected chi connectivity index (χ3v) is 9.32. The van der Waals surface area contributed by atoms with E-state index in [1.165, 1.54) is 6.08 Å². The summed E-state index contributed by atoms with van der Waals surface area (Å²) < 4.78 is 20.0. The summed E-state index contributed by atoms with van der Waals surface area (Å²) in [5.41, 5.74) is 0.831. The number of carbonyl (C=O) groups excluding carboxylic acids is 1. The number of Topliss-reactive ketones (excluding diaryl/α,β-unsaturated/α-hetero) is 1. The summed E-state index contributed by atoms with van der Waals surface area (Å²) in [5, 5.41) is 0.188. The summed E-state index contributed by atoms with van der Waals surface area (Å²) in [7, 11) is -1.85. The van der Waals surface area contributed by atoms with Crippen molar-refractivity contribution in [1.29, 1.82) is 0 Å². The Hall–Kier alpha value is -1.26. The number of carbonyl (C=O) groups is 1. The fourth-order valence-corrected chi connectivity index (χ4v) is 4.47. The molecule has 0 radical (unpaired) electrons. The van der Waals surface area contributed by atoms with Crippen molar-refractivity contribution in [2.75, 3.05) is 6.61 Å². The highest BCUT2D eigenvalue weighted by atomic mass is 28.4. The van der Waals surface area contributed by atoms with E-state index in [4.69, 9.17) is 4.43 Å². The van der Waals surface area contributed by atoms with Gasteiger partial charge in [-0.05, 0) is 42.6 Å². The lowest BCUT2D eigenvalue weighted by molar-refractivity contribution is -0.116. The molecule has 0 aromatic heterocycles. The van der Waals surface area contributed by atoms with E-state index in [0.29, 0.717) is 13.0 Å². The Labute approximate surface area is 147 Å². The molecule has 1 aromatic carbocycles. The summed E-state index contributed by atoms with van der Waals surface area (Å²) >= 11 is 0. The van der Waals surface area contributed by atoms with Crippen LogP contribution in [0.4, 0.5) is 4.39 Å². The quantitative estimate of drug-likeness (QED) is 0.301. The van der Waals surface area contributed by atoms with Gasteiger partial charge >= 0.3 is 0 Å². The average Bonchev–Trinajstić information content (AvgIpc) is 2.52. The van der Waals surface area contributed by atoms with E-state index in [2.05, 4.69) is 33.9 Å². The molecule has 0 N–H and O–H groups in total. The highest BCUT2D eigenvalue weighted by Gasteiger charge is 2.39. The minimum absolute atomic E-state index is 0.105. The molecule has 0 fully saturated rings. The summed E-state index contributed by atoms with van der Waals surface area (Å²) in [5.74, 6) is -1.13. The molecule has 0 saturated carbocycles. The number of hydrogen-bond donors (Lipinski definition) is 0. The Bertz CT molecular complexity index is 550. The first-order valence-electron chi connectivity index (χ1n) is 8.76. The van der Waals surface area contributed by atoms with Crippen LogP contribution in [0.5, 0.6) is 0 Å². The summed E-state index contributed by atoms with van der Waals surface area (Å²) in [6.07, 6.45) is 4.17. The number of halogens is 1. The zero-order chi connectivity index (χ0) is 18.2. The average molecular weight is 351 g/mol. The van der Waals surface area contributed by atoms with E-state index in [0.717, 1.165) is 18.4 Å². The number of allylic oxidation sites excluding steroid dienone is 1. The molecule has 0 saturated heterocycles. The second-order valence-electron chi connectivity index (χ2n) is 7.42. The maximum atomic E-state index is 13.9. The third-order valence-electron chi connectivity index (χ3n) is 4.88. The molecule has 0 aliphatic carbocycles. The van der Waals surface area contributed by atoms with Crippen molar-refractivity contribution in [1.82, 2.24) is 0 Å². The molecule has 24 heavy (non-hydrogen) atoms. The van der Waals surface area contributed by atoms with E-state index in [1.807, 2.05) is 30.3 Å². The first-order chi connectivity index (χ1) is 11.2. The van der Waals surface area contributed by atoms with Crippen LogP contribution in [0.15, 0.2) is 42.2 Å². The van der Waals surface area contributed by atoms with Crippen LogP contribution in [0.25, 0.3) is 0 Å². The van der Waals surface area contributed by atoms with Crippen molar-refractivity contribution in [3.05, 3.63) is 47.8 Å². The first kappa shape index (κ1) is 20.8. The Kier molecular flexibility index (Phi) is 8.04. The van der Waals surface area contributed by atoms with Crippen LogP contribution >= 0.6 is 0 Å².